The Labute approximate surface area is 376 Å². The minimum absolute atomic E-state index is 0.0326. The molecule has 0 aromatic heterocycles. The van der Waals surface area contributed by atoms with E-state index >= 15 is 0 Å². The number of fused-ring (bicyclic) bond motifs is 7. The lowest BCUT2D eigenvalue weighted by atomic mass is 9.78. The molecule has 0 aliphatic carbocycles. The van der Waals surface area contributed by atoms with Crippen molar-refractivity contribution >= 4 is 73.7 Å². The summed E-state index contributed by atoms with van der Waals surface area (Å²) in [5.74, 6) is 1.51. The largest absolute Gasteiger partial charge is 0.374 e. The summed E-state index contributed by atoms with van der Waals surface area (Å²) in [4.78, 5) is 14.3. The van der Waals surface area contributed by atoms with Gasteiger partial charge in [-0.15, -0.1) is 17.2 Å². The lowest BCUT2D eigenvalue weighted by molar-refractivity contribution is -0.251. The van der Waals surface area contributed by atoms with Crippen LogP contribution >= 0.6 is 68.0 Å². The number of hydrogen-bond acceptors (Lipinski definition) is 9. The van der Waals surface area contributed by atoms with Crippen LogP contribution in [0.1, 0.15) is 111 Å². The Morgan fingerprint density at radius 1 is 0.733 bits per heavy atom. The van der Waals surface area contributed by atoms with Crippen molar-refractivity contribution in [1.82, 2.24) is 0 Å². The lowest BCUT2D eigenvalue weighted by Gasteiger charge is -2.48. The van der Waals surface area contributed by atoms with Crippen LogP contribution in [0.2, 0.25) is 0 Å². The van der Waals surface area contributed by atoms with Crippen LogP contribution in [-0.2, 0) is 42.3 Å². The van der Waals surface area contributed by atoms with Crippen molar-refractivity contribution in [2.75, 3.05) is 6.16 Å². The number of carbonyl (C=O) groups is 1. The van der Waals surface area contributed by atoms with Crippen molar-refractivity contribution in [1.29, 1.82) is 0 Å². The molecule has 0 radical (unpaired) electrons. The molecular formula is C43H74O9P8. The van der Waals surface area contributed by atoms with Gasteiger partial charge in [0, 0.05) is 19.3 Å². The highest BCUT2D eigenvalue weighted by Gasteiger charge is 2.59. The minimum Gasteiger partial charge on any atom is -0.374 e. The van der Waals surface area contributed by atoms with Gasteiger partial charge in [0.1, 0.15) is 36.3 Å². The fourth-order valence-electron chi connectivity index (χ4n) is 11.2. The zero-order chi connectivity index (χ0) is 42.8. The van der Waals surface area contributed by atoms with Crippen LogP contribution in [-0.4, -0.2) is 97.4 Å². The van der Waals surface area contributed by atoms with Gasteiger partial charge in [-0.3, -0.25) is 4.79 Å². The van der Waals surface area contributed by atoms with E-state index in [9.17, 15) is 4.79 Å². The third-order valence-corrected chi connectivity index (χ3v) is 18.4. The number of carbonyl (C=O) groups excluding carboxylic acids is 1. The van der Waals surface area contributed by atoms with Crippen molar-refractivity contribution in [3.63, 3.8) is 0 Å². The molecule has 17 heteroatoms. The Bertz CT molecular complexity index is 1510. The summed E-state index contributed by atoms with van der Waals surface area (Å²) in [7, 11) is 13.2. The first-order valence-electron chi connectivity index (χ1n) is 22.5. The van der Waals surface area contributed by atoms with E-state index in [-0.39, 0.29) is 103 Å². The molecule has 340 valence electrons. The molecule has 7 aliphatic heterocycles. The maximum Gasteiger partial charge on any atom is 0.135 e. The van der Waals surface area contributed by atoms with Gasteiger partial charge in [-0.2, -0.15) is 0 Å². The van der Waals surface area contributed by atoms with E-state index in [1.165, 1.54) is 18.2 Å². The van der Waals surface area contributed by atoms with E-state index in [1.54, 1.807) is 0 Å². The van der Waals surface area contributed by atoms with Gasteiger partial charge >= 0.3 is 0 Å². The fourth-order valence-corrected chi connectivity index (χ4v) is 15.1. The molecule has 7 heterocycles. The molecule has 11 unspecified atom stereocenters. The van der Waals surface area contributed by atoms with Crippen molar-refractivity contribution in [3.05, 3.63) is 36.5 Å². The number of ketones is 1. The van der Waals surface area contributed by atoms with E-state index in [2.05, 4.69) is 85.2 Å². The molecule has 0 saturated carbocycles. The standard InChI is InChI=1S/C43H74O9P8/c1-22-7-8-29-18-25(4)33(45-29)11-9-30-17-24(3)26(5)36(46-30)21-37-32(27(6)35(48-37)15-23(2)13-14-58-53)20-28(44)19-31-10-12-34-39(47-31)43(52-60(56)57)42-41(49-34)40(51-59(54)55)38(16-22)50-42/h23-24,27,29-43,58H,1,4-5,7-21,53-57H2,2-3,6H3/t23-,24-,27-,29?,30+,31-,32?,33?,34+,35-,36?,37+,38-,39+,40+,41+,42?,43+/m1/s1. The van der Waals surface area contributed by atoms with Crippen LogP contribution in [0.5, 0.6) is 0 Å². The Morgan fingerprint density at radius 3 is 2.17 bits per heavy atom. The average molecular weight is 983 g/mol. The molecule has 7 aliphatic rings. The first-order valence-corrected chi connectivity index (χ1v) is 34.5. The van der Waals surface area contributed by atoms with Crippen LogP contribution < -0.4 is 0 Å². The molecule has 0 aromatic carbocycles. The van der Waals surface area contributed by atoms with Gasteiger partial charge < -0.3 is 37.5 Å². The van der Waals surface area contributed by atoms with E-state index in [0.717, 1.165) is 83.6 Å². The number of Topliss-reactive ketones (excluding diaryl/α,β-unsaturated/α-hetero) is 1. The number of rotatable bonds is 9. The predicted octanol–water partition coefficient (Wildman–Crippen LogP) is 11.0. The Balaban J connectivity index is 1.14. The van der Waals surface area contributed by atoms with Crippen molar-refractivity contribution in [2.45, 2.75) is 196 Å². The number of hydrogen-bond donors (Lipinski definition) is 0. The third-order valence-electron chi connectivity index (χ3n) is 14.6. The first kappa shape index (κ1) is 49.9. The summed E-state index contributed by atoms with van der Waals surface area (Å²) in [6.07, 6.45) is 10.5. The molecule has 0 N–H and O–H groups in total. The maximum atomic E-state index is 14.3. The van der Waals surface area contributed by atoms with Gasteiger partial charge in [-0.05, 0) is 112 Å². The van der Waals surface area contributed by atoms with E-state index < -0.39 is 15.1 Å². The Morgan fingerprint density at radius 2 is 1.42 bits per heavy atom. The van der Waals surface area contributed by atoms with E-state index in [1.807, 2.05) is 0 Å². The average Bonchev–Trinajstić information content (AvgIpc) is 3.81. The minimum atomic E-state index is -0.901. The zero-order valence-electron chi connectivity index (χ0n) is 36.1. The molecule has 7 fully saturated rings. The summed E-state index contributed by atoms with van der Waals surface area (Å²) in [6, 6.07) is 0. The smallest absolute Gasteiger partial charge is 0.135 e. The van der Waals surface area contributed by atoms with Gasteiger partial charge in [-0.25, -0.2) is 0 Å². The van der Waals surface area contributed by atoms with Gasteiger partial charge in [-0.1, -0.05) is 81.8 Å². The number of ether oxygens (including phenoxy) is 6. The summed E-state index contributed by atoms with van der Waals surface area (Å²) in [6.45, 7) is 20.5. The molecule has 0 amide bonds. The first-order chi connectivity index (χ1) is 28.7. The predicted molar refractivity (Wildman–Crippen MR) is 265 cm³/mol. The fraction of sp³-hybridized carbons (Fsp3) is 0.837. The summed E-state index contributed by atoms with van der Waals surface area (Å²) in [5.41, 5.74) is 3.45. The molecule has 0 aromatic rings. The summed E-state index contributed by atoms with van der Waals surface area (Å²) < 4.78 is 54.8. The molecule has 7 saturated heterocycles. The van der Waals surface area contributed by atoms with Crippen LogP contribution in [0.25, 0.3) is 0 Å². The molecule has 9 nitrogen and oxygen atoms in total. The van der Waals surface area contributed by atoms with Crippen LogP contribution in [0.15, 0.2) is 36.5 Å². The molecule has 24 atom stereocenters. The maximum absolute atomic E-state index is 14.3. The molecule has 7 rings (SSSR count). The second-order valence-corrected chi connectivity index (χ2v) is 32.8. The van der Waals surface area contributed by atoms with E-state index in [0.29, 0.717) is 31.1 Å². The molecule has 8 bridgehead atoms. The third kappa shape index (κ3) is 12.6. The monoisotopic (exact) mass is 982 g/mol. The highest BCUT2D eigenvalue weighted by atomic mass is 32.4. The summed E-state index contributed by atoms with van der Waals surface area (Å²) in [5, 5.41) is 0. The van der Waals surface area contributed by atoms with Crippen molar-refractivity contribution in [2.24, 2.45) is 23.7 Å². The highest BCUT2D eigenvalue weighted by molar-refractivity contribution is 8.41. The lowest BCUT2D eigenvalue weighted by Crippen LogP contribution is -2.61. The normalized spacial score (nSPS) is 43.9. The van der Waals surface area contributed by atoms with E-state index in [4.69, 9.17) is 37.5 Å². The highest BCUT2D eigenvalue weighted by Crippen LogP contribution is 2.60. The topological polar surface area (TPSA) is 90.9 Å². The van der Waals surface area contributed by atoms with Gasteiger partial charge in [0.2, 0.25) is 0 Å². The molecule has 60 heavy (non-hydrogen) atoms. The molecule has 0 spiro atoms. The van der Waals surface area contributed by atoms with Gasteiger partial charge in [0.25, 0.3) is 0 Å². The second kappa shape index (κ2) is 22.9. The second-order valence-electron chi connectivity index (χ2n) is 19.1. The van der Waals surface area contributed by atoms with Crippen molar-refractivity contribution < 1.29 is 42.3 Å². The quantitative estimate of drug-likeness (QED) is 0.165. The zero-order valence-corrected chi connectivity index (χ0v) is 44.6. The van der Waals surface area contributed by atoms with Crippen LogP contribution in [0.3, 0.4) is 0 Å². The van der Waals surface area contributed by atoms with Gasteiger partial charge in [0.05, 0.1) is 70.0 Å². The Kier molecular flexibility index (Phi) is 19.0. The SMILES string of the molecule is C=C1CCC2CC(=C)C(CC[C@H]3C[C@@H](C)C(=C)C(C[C@@H]4O[C@H](C[C@H](C)CCPP)[C@H](C)C4CC(=O)C[C@H]4CC[C@@H]5O[C@@H]6C(O[C@H](C1)[C@@H]6OP(P)P)[C@@H](OP(P)P)[C@H]5O4)O3)O2. The molecular weight excluding hydrogens is 908 g/mol. The van der Waals surface area contributed by atoms with Crippen LogP contribution in [0, 0.1) is 23.7 Å². The summed E-state index contributed by atoms with van der Waals surface area (Å²) >= 11 is 0. The Hall–Kier alpha value is 2.01. The van der Waals surface area contributed by atoms with Crippen LogP contribution in [0.4, 0.5) is 0 Å². The van der Waals surface area contributed by atoms with Gasteiger partial charge in [0.15, 0.2) is 0 Å². The van der Waals surface area contributed by atoms with Crippen molar-refractivity contribution in [3.8, 4) is 0 Å².